The summed E-state index contributed by atoms with van der Waals surface area (Å²) < 4.78 is 5.00. The SMILES string of the molecule is C=CCN(CCO)c1cccc(OC)c1[N+](=O)[O-]. The molecule has 1 aromatic carbocycles. The number of methoxy groups -OCH3 is 1. The van der Waals surface area contributed by atoms with Gasteiger partial charge in [0.15, 0.2) is 5.75 Å². The van der Waals surface area contributed by atoms with Crippen LogP contribution in [0.4, 0.5) is 11.4 Å². The lowest BCUT2D eigenvalue weighted by molar-refractivity contribution is -0.385. The van der Waals surface area contributed by atoms with E-state index in [9.17, 15) is 10.1 Å². The second-order valence-corrected chi connectivity index (χ2v) is 3.54. The number of para-hydroxylation sites is 1. The van der Waals surface area contributed by atoms with Crippen LogP contribution in [0.3, 0.4) is 0 Å². The summed E-state index contributed by atoms with van der Waals surface area (Å²) in [5, 5.41) is 20.1. The van der Waals surface area contributed by atoms with Gasteiger partial charge >= 0.3 is 5.69 Å². The van der Waals surface area contributed by atoms with Gasteiger partial charge in [-0.15, -0.1) is 6.58 Å². The fourth-order valence-corrected chi connectivity index (χ4v) is 1.70. The van der Waals surface area contributed by atoms with Crippen LogP contribution < -0.4 is 9.64 Å². The Morgan fingerprint density at radius 1 is 1.61 bits per heavy atom. The van der Waals surface area contributed by atoms with Gasteiger partial charge in [-0.1, -0.05) is 12.1 Å². The van der Waals surface area contributed by atoms with Crippen LogP contribution >= 0.6 is 0 Å². The molecule has 0 aliphatic heterocycles. The second-order valence-electron chi connectivity index (χ2n) is 3.54. The average Bonchev–Trinajstić information content (AvgIpc) is 2.37. The van der Waals surface area contributed by atoms with E-state index in [1.807, 2.05) is 0 Å². The zero-order valence-electron chi connectivity index (χ0n) is 10.2. The summed E-state index contributed by atoms with van der Waals surface area (Å²) in [7, 11) is 1.38. The van der Waals surface area contributed by atoms with Crippen LogP contribution in [0.5, 0.6) is 5.75 Å². The summed E-state index contributed by atoms with van der Waals surface area (Å²) >= 11 is 0. The zero-order valence-corrected chi connectivity index (χ0v) is 10.2. The smallest absolute Gasteiger partial charge is 0.333 e. The van der Waals surface area contributed by atoms with Gasteiger partial charge in [-0.25, -0.2) is 0 Å². The molecule has 0 radical (unpaired) electrons. The van der Waals surface area contributed by atoms with E-state index in [1.165, 1.54) is 13.2 Å². The Morgan fingerprint density at radius 2 is 2.33 bits per heavy atom. The third-order valence-corrected chi connectivity index (χ3v) is 2.44. The predicted octanol–water partition coefficient (Wildman–Crippen LogP) is 1.59. The molecule has 0 amide bonds. The highest BCUT2D eigenvalue weighted by molar-refractivity contribution is 5.70. The van der Waals surface area contributed by atoms with Crippen LogP contribution in [0.2, 0.25) is 0 Å². The number of aliphatic hydroxyl groups is 1. The van der Waals surface area contributed by atoms with Crippen molar-refractivity contribution >= 4 is 11.4 Å². The monoisotopic (exact) mass is 252 g/mol. The van der Waals surface area contributed by atoms with Gasteiger partial charge in [0.05, 0.1) is 18.6 Å². The summed E-state index contributed by atoms with van der Waals surface area (Å²) in [5.41, 5.74) is 0.309. The maximum atomic E-state index is 11.1. The van der Waals surface area contributed by atoms with E-state index < -0.39 is 4.92 Å². The van der Waals surface area contributed by atoms with Crippen LogP contribution in [0.1, 0.15) is 0 Å². The van der Waals surface area contributed by atoms with Crippen molar-refractivity contribution in [3.05, 3.63) is 41.0 Å². The number of anilines is 1. The van der Waals surface area contributed by atoms with Crippen LogP contribution in [0.25, 0.3) is 0 Å². The van der Waals surface area contributed by atoms with Crippen LogP contribution in [-0.2, 0) is 0 Å². The highest BCUT2D eigenvalue weighted by Gasteiger charge is 2.23. The zero-order chi connectivity index (χ0) is 13.5. The Labute approximate surface area is 105 Å². The molecule has 6 heteroatoms. The van der Waals surface area contributed by atoms with Gasteiger partial charge in [-0.3, -0.25) is 10.1 Å². The summed E-state index contributed by atoms with van der Waals surface area (Å²) in [6.45, 7) is 4.21. The Morgan fingerprint density at radius 3 is 2.83 bits per heavy atom. The molecule has 1 rings (SSSR count). The van der Waals surface area contributed by atoms with E-state index in [1.54, 1.807) is 23.1 Å². The Balaban J connectivity index is 3.27. The first-order valence-electron chi connectivity index (χ1n) is 5.43. The molecule has 0 aliphatic rings. The minimum absolute atomic E-state index is 0.0950. The van der Waals surface area contributed by atoms with Crippen LogP contribution in [0, 0.1) is 10.1 Å². The van der Waals surface area contributed by atoms with Crippen LogP contribution in [0.15, 0.2) is 30.9 Å². The van der Waals surface area contributed by atoms with Crippen molar-refractivity contribution in [3.63, 3.8) is 0 Å². The van der Waals surface area contributed by atoms with E-state index in [2.05, 4.69) is 6.58 Å². The van der Waals surface area contributed by atoms with Crippen molar-refractivity contribution in [2.24, 2.45) is 0 Å². The molecule has 18 heavy (non-hydrogen) atoms. The molecule has 0 atom stereocenters. The quantitative estimate of drug-likeness (QED) is 0.453. The van der Waals surface area contributed by atoms with Gasteiger partial charge in [0.2, 0.25) is 0 Å². The van der Waals surface area contributed by atoms with E-state index in [-0.39, 0.29) is 18.0 Å². The van der Waals surface area contributed by atoms with Crippen molar-refractivity contribution in [2.45, 2.75) is 0 Å². The van der Waals surface area contributed by atoms with Crippen molar-refractivity contribution in [2.75, 3.05) is 31.7 Å². The predicted molar refractivity (Wildman–Crippen MR) is 69.1 cm³/mol. The van der Waals surface area contributed by atoms with Gasteiger partial charge in [-0.05, 0) is 12.1 Å². The number of hydrogen-bond acceptors (Lipinski definition) is 5. The van der Waals surface area contributed by atoms with Gasteiger partial charge in [0, 0.05) is 13.1 Å². The number of rotatable bonds is 7. The lowest BCUT2D eigenvalue weighted by atomic mass is 10.2. The largest absolute Gasteiger partial charge is 0.490 e. The highest BCUT2D eigenvalue weighted by Crippen LogP contribution is 2.36. The van der Waals surface area contributed by atoms with Gasteiger partial charge in [-0.2, -0.15) is 0 Å². The molecule has 98 valence electrons. The molecule has 6 nitrogen and oxygen atoms in total. The van der Waals surface area contributed by atoms with Crippen molar-refractivity contribution in [3.8, 4) is 5.75 Å². The molecule has 0 heterocycles. The topological polar surface area (TPSA) is 75.8 Å². The Bertz CT molecular complexity index is 434. The van der Waals surface area contributed by atoms with Gasteiger partial charge < -0.3 is 14.7 Å². The molecule has 0 unspecified atom stereocenters. The maximum absolute atomic E-state index is 11.1. The van der Waals surface area contributed by atoms with Crippen molar-refractivity contribution in [1.82, 2.24) is 0 Å². The minimum Gasteiger partial charge on any atom is -0.490 e. The number of hydrogen-bond donors (Lipinski definition) is 1. The van der Waals surface area contributed by atoms with Crippen molar-refractivity contribution in [1.29, 1.82) is 0 Å². The number of nitro benzene ring substituents is 1. The standard InChI is InChI=1S/C12H16N2O4/c1-3-7-13(8-9-15)10-5-4-6-11(18-2)12(10)14(16)17/h3-6,15H,1,7-9H2,2H3. The van der Waals surface area contributed by atoms with Gasteiger partial charge in [0.1, 0.15) is 5.69 Å². The lowest BCUT2D eigenvalue weighted by Crippen LogP contribution is -2.27. The molecule has 1 N–H and O–H groups in total. The number of nitro groups is 1. The number of benzene rings is 1. The molecular weight excluding hydrogens is 236 g/mol. The van der Waals surface area contributed by atoms with Crippen molar-refractivity contribution < 1.29 is 14.8 Å². The molecule has 0 saturated carbocycles. The van der Waals surface area contributed by atoms with E-state index in [0.29, 0.717) is 18.8 Å². The third kappa shape index (κ3) is 2.98. The Hall–Kier alpha value is -2.08. The molecule has 0 aliphatic carbocycles. The lowest BCUT2D eigenvalue weighted by Gasteiger charge is -2.22. The van der Waals surface area contributed by atoms with Gasteiger partial charge in [0.25, 0.3) is 0 Å². The first-order chi connectivity index (χ1) is 8.65. The van der Waals surface area contributed by atoms with E-state index in [4.69, 9.17) is 9.84 Å². The molecule has 0 spiro atoms. The molecule has 0 saturated heterocycles. The normalized spacial score (nSPS) is 9.89. The molecule has 0 fully saturated rings. The molecule has 0 aromatic heterocycles. The first-order valence-corrected chi connectivity index (χ1v) is 5.43. The van der Waals surface area contributed by atoms with Crippen LogP contribution in [-0.4, -0.2) is 36.8 Å². The maximum Gasteiger partial charge on any atom is 0.333 e. The average molecular weight is 252 g/mol. The fraction of sp³-hybridized carbons (Fsp3) is 0.333. The fourth-order valence-electron chi connectivity index (χ4n) is 1.70. The number of ether oxygens (including phenoxy) is 1. The number of nitrogens with zero attached hydrogens (tertiary/aromatic N) is 2. The van der Waals surface area contributed by atoms with E-state index in [0.717, 1.165) is 0 Å². The second kappa shape index (κ2) is 6.61. The third-order valence-electron chi connectivity index (χ3n) is 2.44. The summed E-state index contributed by atoms with van der Waals surface area (Å²) in [5.74, 6) is 0.199. The highest BCUT2D eigenvalue weighted by atomic mass is 16.6. The summed E-state index contributed by atoms with van der Waals surface area (Å²) in [4.78, 5) is 12.3. The summed E-state index contributed by atoms with van der Waals surface area (Å²) in [6.07, 6.45) is 1.62. The van der Waals surface area contributed by atoms with E-state index >= 15 is 0 Å². The minimum atomic E-state index is -0.484. The molecule has 0 bridgehead atoms. The first kappa shape index (κ1) is 14.0. The number of aliphatic hydroxyl groups excluding tert-OH is 1. The Kier molecular flexibility index (Phi) is 5.13. The molecule has 1 aromatic rings. The summed E-state index contributed by atoms with van der Waals surface area (Å²) in [6, 6.07) is 4.83. The molecular formula is C12H16N2O4.